The van der Waals surface area contributed by atoms with Crippen LogP contribution >= 0.6 is 0 Å². The Kier molecular flexibility index (Phi) is 6.30. The number of halogens is 1. The van der Waals surface area contributed by atoms with Crippen molar-refractivity contribution in [2.45, 2.75) is 47.0 Å². The van der Waals surface area contributed by atoms with Gasteiger partial charge in [-0.1, -0.05) is 12.1 Å². The lowest BCUT2D eigenvalue weighted by Gasteiger charge is -2.21. The van der Waals surface area contributed by atoms with Crippen LogP contribution in [0.25, 0.3) is 16.6 Å². The van der Waals surface area contributed by atoms with Gasteiger partial charge in [0.1, 0.15) is 17.2 Å². The number of hydrogen-bond acceptors (Lipinski definition) is 4. The molecule has 0 saturated heterocycles. The molecule has 0 unspecified atom stereocenters. The van der Waals surface area contributed by atoms with E-state index in [0.717, 1.165) is 35.4 Å². The zero-order valence-corrected chi connectivity index (χ0v) is 21.5. The summed E-state index contributed by atoms with van der Waals surface area (Å²) >= 11 is 0. The van der Waals surface area contributed by atoms with Crippen molar-refractivity contribution >= 4 is 28.5 Å². The largest absolute Gasteiger partial charge is 0.423 e. The summed E-state index contributed by atoms with van der Waals surface area (Å²) in [5, 5.41) is 0. The lowest BCUT2D eigenvalue weighted by molar-refractivity contribution is -0.142. The number of aromatic nitrogens is 2. The van der Waals surface area contributed by atoms with Gasteiger partial charge in [-0.3, -0.25) is 9.59 Å². The van der Waals surface area contributed by atoms with E-state index >= 15 is 0 Å². The van der Waals surface area contributed by atoms with Crippen molar-refractivity contribution < 1.29 is 18.7 Å². The molecule has 1 amide bonds. The molecule has 0 fully saturated rings. The summed E-state index contributed by atoms with van der Waals surface area (Å²) in [6.07, 6.45) is 3.99. The van der Waals surface area contributed by atoms with Crippen molar-refractivity contribution in [1.29, 1.82) is 0 Å². The Morgan fingerprint density at radius 1 is 1.20 bits per heavy atom. The molecule has 184 valence electrons. The zero-order valence-electron chi connectivity index (χ0n) is 21.5. The lowest BCUT2D eigenvalue weighted by Crippen LogP contribution is -2.27. The van der Waals surface area contributed by atoms with Crippen LogP contribution in [-0.2, 0) is 24.7 Å². The van der Waals surface area contributed by atoms with Gasteiger partial charge in [0, 0.05) is 32.3 Å². The lowest BCUT2D eigenvalue weighted by atomic mass is 9.96. The molecule has 0 N–H and O–H groups in total. The number of aryl methyl sites for hydroxylation is 3. The molecule has 0 radical (unpaired) electrons. The number of esters is 1. The monoisotopic (exact) mass is 477 g/mol. The molecular weight excluding hydrogens is 445 g/mol. The fraction of sp³-hybridized carbons (Fsp3) is 0.393. The normalized spacial score (nSPS) is 14.5. The van der Waals surface area contributed by atoms with Crippen molar-refractivity contribution in [3.8, 4) is 5.75 Å². The van der Waals surface area contributed by atoms with E-state index in [1.807, 2.05) is 36.7 Å². The predicted octanol–water partition coefficient (Wildman–Crippen LogP) is 5.25. The molecule has 6 nitrogen and oxygen atoms in total. The second kappa shape index (κ2) is 8.95. The van der Waals surface area contributed by atoms with E-state index in [0.29, 0.717) is 34.3 Å². The average Bonchev–Trinajstić information content (AvgIpc) is 3.31. The van der Waals surface area contributed by atoms with Crippen molar-refractivity contribution in [3.05, 3.63) is 64.2 Å². The summed E-state index contributed by atoms with van der Waals surface area (Å²) < 4.78 is 21.8. The molecule has 0 atom stereocenters. The van der Waals surface area contributed by atoms with Crippen molar-refractivity contribution in [2.75, 3.05) is 14.1 Å². The Labute approximate surface area is 205 Å². The number of allylic oxidation sites excluding steroid dienone is 2. The number of carbonyl (C=O) groups is 2. The van der Waals surface area contributed by atoms with Crippen molar-refractivity contribution in [2.24, 2.45) is 12.5 Å². The fourth-order valence-electron chi connectivity index (χ4n) is 4.35. The van der Waals surface area contributed by atoms with Crippen LogP contribution < -0.4 is 4.74 Å². The van der Waals surface area contributed by atoms with E-state index in [1.54, 1.807) is 40.9 Å². The topological polar surface area (TPSA) is 64.4 Å². The van der Waals surface area contributed by atoms with Crippen LogP contribution in [0.2, 0.25) is 0 Å². The molecule has 2 aromatic carbocycles. The second-order valence-corrected chi connectivity index (χ2v) is 10.4. The van der Waals surface area contributed by atoms with Gasteiger partial charge >= 0.3 is 5.97 Å². The smallest absolute Gasteiger partial charge is 0.316 e. The Morgan fingerprint density at radius 3 is 2.57 bits per heavy atom. The first kappa shape index (κ1) is 24.6. The van der Waals surface area contributed by atoms with E-state index in [9.17, 15) is 14.0 Å². The van der Waals surface area contributed by atoms with Crippen LogP contribution in [-0.4, -0.2) is 40.4 Å². The molecule has 1 aliphatic rings. The van der Waals surface area contributed by atoms with Crippen molar-refractivity contribution in [3.63, 3.8) is 0 Å². The summed E-state index contributed by atoms with van der Waals surface area (Å²) in [6, 6.07) is 6.69. The predicted molar refractivity (Wildman–Crippen MR) is 135 cm³/mol. The molecule has 7 heteroatoms. The number of hydrogen-bond donors (Lipinski definition) is 0. The van der Waals surface area contributed by atoms with E-state index < -0.39 is 11.4 Å². The maximum Gasteiger partial charge on any atom is 0.316 e. The summed E-state index contributed by atoms with van der Waals surface area (Å²) in [7, 11) is 5.26. The van der Waals surface area contributed by atoms with Gasteiger partial charge in [-0.05, 0) is 81.9 Å². The van der Waals surface area contributed by atoms with Crippen LogP contribution in [0.15, 0.2) is 30.3 Å². The van der Waals surface area contributed by atoms with Gasteiger partial charge in [0.15, 0.2) is 5.75 Å². The number of ether oxygens (including phenoxy) is 1. The van der Waals surface area contributed by atoms with Gasteiger partial charge in [-0.25, -0.2) is 9.37 Å². The number of rotatable bonds is 4. The Morgan fingerprint density at radius 2 is 1.91 bits per heavy atom. The maximum atomic E-state index is 13.9. The summed E-state index contributed by atoms with van der Waals surface area (Å²) in [4.78, 5) is 32.5. The van der Waals surface area contributed by atoms with Crippen LogP contribution in [0.1, 0.15) is 60.1 Å². The number of nitrogens with zero attached hydrogens (tertiary/aromatic N) is 3. The number of imidazole rings is 1. The number of fused-ring (bicyclic) bond motifs is 2. The summed E-state index contributed by atoms with van der Waals surface area (Å²) in [5.41, 5.74) is 4.60. The zero-order chi connectivity index (χ0) is 25.7. The number of benzene rings is 2. The number of carbonyl (C=O) groups excluding carboxylic acids is 2. The summed E-state index contributed by atoms with van der Waals surface area (Å²) in [5.74, 6) is 0.187. The van der Waals surface area contributed by atoms with E-state index in [2.05, 4.69) is 4.98 Å². The maximum absolute atomic E-state index is 13.9. The van der Waals surface area contributed by atoms with Gasteiger partial charge in [-0.15, -0.1) is 0 Å². The van der Waals surface area contributed by atoms with Gasteiger partial charge in [-0.2, -0.15) is 0 Å². The molecule has 4 rings (SSSR count). The fourth-order valence-corrected chi connectivity index (χ4v) is 4.35. The highest BCUT2D eigenvalue weighted by atomic mass is 19.1. The van der Waals surface area contributed by atoms with Gasteiger partial charge in [0.05, 0.1) is 10.9 Å². The summed E-state index contributed by atoms with van der Waals surface area (Å²) in [6.45, 7) is 7.23. The van der Waals surface area contributed by atoms with Crippen LogP contribution in [0.4, 0.5) is 4.39 Å². The molecule has 0 aliphatic heterocycles. The Bertz CT molecular complexity index is 1380. The first-order chi connectivity index (χ1) is 16.4. The highest BCUT2D eigenvalue weighted by molar-refractivity contribution is 6.02. The molecule has 1 aromatic heterocycles. The minimum atomic E-state index is -0.741. The van der Waals surface area contributed by atoms with E-state index in [1.165, 1.54) is 11.0 Å². The molecule has 1 heterocycles. The first-order valence-corrected chi connectivity index (χ1v) is 11.8. The minimum absolute atomic E-state index is 0.190. The quantitative estimate of drug-likeness (QED) is 0.381. The SMILES string of the molecule is Cc1nc2c(OC(=O)C(C)(C)C)c(CC=C3CCc4ccc(F)cc43)c(C(=O)N(C)C)cc2n1C. The highest BCUT2D eigenvalue weighted by Gasteiger charge is 2.29. The molecular formula is C28H32FN3O3. The molecule has 35 heavy (non-hydrogen) atoms. The van der Waals surface area contributed by atoms with Crippen LogP contribution in [0.3, 0.4) is 0 Å². The first-order valence-electron chi connectivity index (χ1n) is 11.8. The molecule has 0 bridgehead atoms. The minimum Gasteiger partial charge on any atom is -0.423 e. The third-order valence-corrected chi connectivity index (χ3v) is 6.54. The van der Waals surface area contributed by atoms with Crippen LogP contribution in [0.5, 0.6) is 5.75 Å². The highest BCUT2D eigenvalue weighted by Crippen LogP contribution is 2.38. The molecule has 0 saturated carbocycles. The third kappa shape index (κ3) is 4.59. The Hall–Kier alpha value is -3.48. The Balaban J connectivity index is 1.92. The number of amides is 1. The van der Waals surface area contributed by atoms with Crippen LogP contribution in [0, 0.1) is 18.2 Å². The molecule has 3 aromatic rings. The van der Waals surface area contributed by atoms with E-state index in [-0.39, 0.29) is 11.7 Å². The van der Waals surface area contributed by atoms with Gasteiger partial charge in [0.2, 0.25) is 0 Å². The molecule has 0 spiro atoms. The standard InChI is InChI=1S/C28H32FN3O3/c1-16-30-24-23(32(16)7)15-22(26(33)31(5)6)20(25(24)35-27(34)28(2,3)4)13-11-18-9-8-17-10-12-19(29)14-21(17)18/h10-12,14-15H,8-9,13H2,1-7H3. The second-order valence-electron chi connectivity index (χ2n) is 10.4. The average molecular weight is 478 g/mol. The van der Waals surface area contributed by atoms with Gasteiger partial charge in [0.25, 0.3) is 5.91 Å². The molecule has 1 aliphatic carbocycles. The van der Waals surface area contributed by atoms with E-state index in [4.69, 9.17) is 4.74 Å². The van der Waals surface area contributed by atoms with Crippen molar-refractivity contribution in [1.82, 2.24) is 14.5 Å². The van der Waals surface area contributed by atoms with Gasteiger partial charge < -0.3 is 14.2 Å². The third-order valence-electron chi connectivity index (χ3n) is 6.54.